The third-order valence-corrected chi connectivity index (χ3v) is 3.79. The molecule has 1 fully saturated rings. The third-order valence-electron chi connectivity index (χ3n) is 3.79. The van der Waals surface area contributed by atoms with Crippen LogP contribution in [0.25, 0.3) is 0 Å². The van der Waals surface area contributed by atoms with Crippen molar-refractivity contribution in [2.75, 3.05) is 25.0 Å². The maximum atomic E-state index is 14.0. The number of anilines is 1. The number of amides is 2. The molecule has 0 aliphatic carbocycles. The average Bonchev–Trinajstić information content (AvgIpc) is 2.87. The summed E-state index contributed by atoms with van der Waals surface area (Å²) in [6.45, 7) is 2.64. The molecule has 2 aliphatic heterocycles. The summed E-state index contributed by atoms with van der Waals surface area (Å²) in [4.78, 5) is 24.4. The molecule has 6 heteroatoms. The van der Waals surface area contributed by atoms with Crippen molar-refractivity contribution in [2.45, 2.75) is 19.3 Å². The Morgan fingerprint density at radius 1 is 1.50 bits per heavy atom. The van der Waals surface area contributed by atoms with Crippen molar-refractivity contribution in [3.8, 4) is 5.75 Å². The van der Waals surface area contributed by atoms with E-state index in [0.29, 0.717) is 18.8 Å². The zero-order valence-electron chi connectivity index (χ0n) is 11.1. The number of carbonyl (C=O) groups excluding carboxylic acids is 2. The highest BCUT2D eigenvalue weighted by molar-refractivity contribution is 5.95. The molecule has 0 aromatic heterocycles. The second-order valence-corrected chi connectivity index (χ2v) is 5.17. The summed E-state index contributed by atoms with van der Waals surface area (Å²) in [5.74, 6) is -0.542. The number of rotatable bonds is 1. The van der Waals surface area contributed by atoms with Gasteiger partial charge in [0.1, 0.15) is 0 Å². The lowest BCUT2D eigenvalue weighted by atomic mass is 9.97. The first-order chi connectivity index (χ1) is 9.54. The van der Waals surface area contributed by atoms with E-state index in [1.54, 1.807) is 11.0 Å². The van der Waals surface area contributed by atoms with Crippen LogP contribution in [0.4, 0.5) is 10.1 Å². The van der Waals surface area contributed by atoms with Gasteiger partial charge >= 0.3 is 0 Å². The predicted molar refractivity (Wildman–Crippen MR) is 70.1 cm³/mol. The van der Waals surface area contributed by atoms with E-state index in [2.05, 4.69) is 5.32 Å². The second-order valence-electron chi connectivity index (χ2n) is 5.17. The Bertz CT molecular complexity index is 588. The van der Waals surface area contributed by atoms with Crippen LogP contribution in [0.5, 0.6) is 5.75 Å². The number of fused-ring (bicyclic) bond motifs is 1. The van der Waals surface area contributed by atoms with Gasteiger partial charge in [0.2, 0.25) is 5.91 Å². The number of halogens is 1. The van der Waals surface area contributed by atoms with Crippen LogP contribution in [0.3, 0.4) is 0 Å². The molecule has 2 heterocycles. The van der Waals surface area contributed by atoms with E-state index >= 15 is 0 Å². The lowest BCUT2D eigenvalue weighted by Crippen LogP contribution is -2.27. The molecule has 0 spiro atoms. The molecule has 2 aliphatic rings. The zero-order valence-corrected chi connectivity index (χ0v) is 11.1. The third kappa shape index (κ3) is 2.21. The van der Waals surface area contributed by atoms with Gasteiger partial charge in [0.25, 0.3) is 5.91 Å². The fourth-order valence-electron chi connectivity index (χ4n) is 2.73. The van der Waals surface area contributed by atoms with E-state index in [4.69, 9.17) is 4.74 Å². The molecule has 1 unspecified atom stereocenters. The van der Waals surface area contributed by atoms with Crippen molar-refractivity contribution in [2.24, 2.45) is 0 Å². The highest BCUT2D eigenvalue weighted by atomic mass is 19.1. The summed E-state index contributed by atoms with van der Waals surface area (Å²) in [7, 11) is 0. The van der Waals surface area contributed by atoms with E-state index in [-0.39, 0.29) is 30.1 Å². The van der Waals surface area contributed by atoms with Gasteiger partial charge in [0, 0.05) is 25.9 Å². The molecule has 1 atom stereocenters. The van der Waals surface area contributed by atoms with Crippen molar-refractivity contribution < 1.29 is 18.7 Å². The Kier molecular flexibility index (Phi) is 3.08. The molecule has 1 aromatic carbocycles. The molecular weight excluding hydrogens is 263 g/mol. The minimum absolute atomic E-state index is 0.0302. The molecule has 3 rings (SSSR count). The summed E-state index contributed by atoms with van der Waals surface area (Å²) in [6, 6.07) is 3.17. The van der Waals surface area contributed by atoms with E-state index in [9.17, 15) is 14.0 Å². The Labute approximate surface area is 115 Å². The van der Waals surface area contributed by atoms with Crippen molar-refractivity contribution in [3.05, 3.63) is 23.5 Å². The van der Waals surface area contributed by atoms with Gasteiger partial charge in [0.05, 0.1) is 5.69 Å². The van der Waals surface area contributed by atoms with Gasteiger partial charge in [-0.15, -0.1) is 0 Å². The maximum absolute atomic E-state index is 14.0. The minimum atomic E-state index is -0.473. The molecule has 1 aromatic rings. The molecule has 1 saturated heterocycles. The first-order valence-corrected chi connectivity index (χ1v) is 6.56. The smallest absolute Gasteiger partial charge is 0.262 e. The van der Waals surface area contributed by atoms with Gasteiger partial charge < -0.3 is 15.0 Å². The highest BCUT2D eigenvalue weighted by Crippen LogP contribution is 2.36. The molecule has 106 valence electrons. The van der Waals surface area contributed by atoms with Crippen molar-refractivity contribution >= 4 is 17.5 Å². The first-order valence-electron chi connectivity index (χ1n) is 6.56. The van der Waals surface area contributed by atoms with Gasteiger partial charge in [-0.1, -0.05) is 0 Å². The number of likely N-dealkylation sites (tertiary alicyclic amines) is 1. The van der Waals surface area contributed by atoms with Gasteiger partial charge in [-0.2, -0.15) is 0 Å². The quantitative estimate of drug-likeness (QED) is 0.846. The number of hydrogen-bond acceptors (Lipinski definition) is 3. The number of nitrogens with zero attached hydrogens (tertiary/aromatic N) is 1. The van der Waals surface area contributed by atoms with E-state index in [1.807, 2.05) is 0 Å². The molecule has 2 amide bonds. The fraction of sp³-hybridized carbons (Fsp3) is 0.429. The topological polar surface area (TPSA) is 58.6 Å². The van der Waals surface area contributed by atoms with Crippen LogP contribution in [-0.2, 0) is 9.59 Å². The van der Waals surface area contributed by atoms with E-state index in [1.165, 1.54) is 13.0 Å². The van der Waals surface area contributed by atoms with Crippen LogP contribution in [0.2, 0.25) is 0 Å². The Morgan fingerprint density at radius 2 is 2.30 bits per heavy atom. The number of nitrogens with one attached hydrogen (secondary N) is 1. The van der Waals surface area contributed by atoms with Crippen molar-refractivity contribution in [3.63, 3.8) is 0 Å². The van der Waals surface area contributed by atoms with Crippen LogP contribution in [-0.4, -0.2) is 36.4 Å². The van der Waals surface area contributed by atoms with Gasteiger partial charge in [-0.25, -0.2) is 4.39 Å². The SMILES string of the molecule is CC(=O)N1CCC(c2cc(F)c3c(c2)NC(=O)CO3)C1. The number of carbonyl (C=O) groups is 2. The summed E-state index contributed by atoms with van der Waals surface area (Å²) in [5, 5.41) is 2.61. The molecule has 0 saturated carbocycles. The standard InChI is InChI=1S/C14H15FN2O3/c1-8(18)17-3-2-9(6-17)10-4-11(15)14-12(5-10)16-13(19)7-20-14/h4-5,9H,2-3,6-7H2,1H3,(H,16,19). The average molecular weight is 278 g/mol. The monoisotopic (exact) mass is 278 g/mol. The summed E-state index contributed by atoms with van der Waals surface area (Å²) in [5.41, 5.74) is 1.16. The number of ether oxygens (including phenoxy) is 1. The summed E-state index contributed by atoms with van der Waals surface area (Å²) >= 11 is 0. The zero-order chi connectivity index (χ0) is 14.3. The lowest BCUT2D eigenvalue weighted by Gasteiger charge is -2.21. The highest BCUT2D eigenvalue weighted by Gasteiger charge is 2.28. The second kappa shape index (κ2) is 4.77. The van der Waals surface area contributed by atoms with Crippen LogP contribution >= 0.6 is 0 Å². The van der Waals surface area contributed by atoms with E-state index in [0.717, 1.165) is 12.0 Å². The van der Waals surface area contributed by atoms with Crippen molar-refractivity contribution in [1.82, 2.24) is 4.90 Å². The molecule has 0 bridgehead atoms. The Hall–Kier alpha value is -2.11. The fourth-order valence-corrected chi connectivity index (χ4v) is 2.73. The van der Waals surface area contributed by atoms with Crippen LogP contribution in [0, 0.1) is 5.82 Å². The van der Waals surface area contributed by atoms with Crippen LogP contribution < -0.4 is 10.1 Å². The van der Waals surface area contributed by atoms with Crippen LogP contribution in [0.15, 0.2) is 12.1 Å². The molecule has 5 nitrogen and oxygen atoms in total. The largest absolute Gasteiger partial charge is 0.478 e. The van der Waals surface area contributed by atoms with Gasteiger partial charge in [-0.05, 0) is 24.1 Å². The van der Waals surface area contributed by atoms with Crippen molar-refractivity contribution in [1.29, 1.82) is 0 Å². The Balaban J connectivity index is 1.88. The lowest BCUT2D eigenvalue weighted by molar-refractivity contribution is -0.127. The predicted octanol–water partition coefficient (Wildman–Crippen LogP) is 1.49. The summed E-state index contributed by atoms with van der Waals surface area (Å²) in [6.07, 6.45) is 0.798. The molecule has 20 heavy (non-hydrogen) atoms. The first kappa shape index (κ1) is 12.9. The normalized spacial score (nSPS) is 21.2. The van der Waals surface area contributed by atoms with Crippen LogP contribution in [0.1, 0.15) is 24.8 Å². The van der Waals surface area contributed by atoms with Gasteiger partial charge in [-0.3, -0.25) is 9.59 Å². The van der Waals surface area contributed by atoms with Gasteiger partial charge in [0.15, 0.2) is 18.2 Å². The summed E-state index contributed by atoms with van der Waals surface area (Å²) < 4.78 is 19.1. The molecule has 1 N–H and O–H groups in total. The number of benzene rings is 1. The Morgan fingerprint density at radius 3 is 3.00 bits per heavy atom. The van der Waals surface area contributed by atoms with E-state index < -0.39 is 5.82 Å². The minimum Gasteiger partial charge on any atom is -0.478 e. The number of hydrogen-bond donors (Lipinski definition) is 1. The molecule has 0 radical (unpaired) electrons. The molecular formula is C14H15FN2O3. The maximum Gasteiger partial charge on any atom is 0.262 e.